The lowest BCUT2D eigenvalue weighted by atomic mass is 9.80. The van der Waals surface area contributed by atoms with Crippen molar-refractivity contribution in [2.24, 2.45) is 5.41 Å². The number of hydroxylamine groups is 3. The van der Waals surface area contributed by atoms with Gasteiger partial charge in [0.25, 0.3) is 0 Å². The number of methoxy groups -OCH3 is 1. The third kappa shape index (κ3) is 3.48. The molecule has 5 nitrogen and oxygen atoms in total. The van der Waals surface area contributed by atoms with Crippen LogP contribution in [0.25, 0.3) is 0 Å². The third-order valence-electron chi connectivity index (χ3n) is 4.14. The van der Waals surface area contributed by atoms with Crippen LogP contribution in [0.15, 0.2) is 24.3 Å². The van der Waals surface area contributed by atoms with Crippen LogP contribution in [0.5, 0.6) is 5.75 Å². The fraction of sp³-hybridized carbons (Fsp3) is 0.588. The molecule has 1 heterocycles. The molecule has 1 atom stereocenters. The lowest BCUT2D eigenvalue weighted by Crippen LogP contribution is -2.63. The number of ether oxygens (including phenoxy) is 2. The van der Waals surface area contributed by atoms with Gasteiger partial charge in [-0.2, -0.15) is 0 Å². The smallest absolute Gasteiger partial charge is 0.220 e. The van der Waals surface area contributed by atoms with Crippen LogP contribution < -0.4 is 4.74 Å². The number of carbonyl (C=O) groups is 1. The van der Waals surface area contributed by atoms with Crippen LogP contribution in [0.3, 0.4) is 0 Å². The van der Waals surface area contributed by atoms with Gasteiger partial charge in [0.05, 0.1) is 20.3 Å². The molecule has 1 fully saturated rings. The highest BCUT2D eigenvalue weighted by Crippen LogP contribution is 2.33. The van der Waals surface area contributed by atoms with Gasteiger partial charge < -0.3 is 19.3 Å². The first-order chi connectivity index (χ1) is 10.3. The Bertz CT molecular complexity index is 512. The molecule has 1 saturated heterocycles. The maximum absolute atomic E-state index is 13.2. The van der Waals surface area contributed by atoms with E-state index in [-0.39, 0.29) is 5.78 Å². The van der Waals surface area contributed by atoms with E-state index in [1.54, 1.807) is 31.4 Å². The largest absolute Gasteiger partial charge is 0.632 e. The zero-order valence-electron chi connectivity index (χ0n) is 13.8. The van der Waals surface area contributed by atoms with Gasteiger partial charge in [0.2, 0.25) is 5.78 Å². The quantitative estimate of drug-likeness (QED) is 0.487. The Morgan fingerprint density at radius 3 is 2.23 bits per heavy atom. The van der Waals surface area contributed by atoms with Crippen LogP contribution in [0, 0.1) is 10.6 Å². The zero-order chi connectivity index (χ0) is 16.4. The molecule has 22 heavy (non-hydrogen) atoms. The van der Waals surface area contributed by atoms with Gasteiger partial charge in [-0.25, -0.2) is 0 Å². The van der Waals surface area contributed by atoms with Crippen molar-refractivity contribution in [2.75, 3.05) is 33.4 Å². The average Bonchev–Trinajstić information content (AvgIpc) is 2.46. The summed E-state index contributed by atoms with van der Waals surface area (Å²) in [5.74, 6) is 0.591. The maximum Gasteiger partial charge on any atom is 0.220 e. The van der Waals surface area contributed by atoms with E-state index in [1.165, 1.54) is 0 Å². The summed E-state index contributed by atoms with van der Waals surface area (Å²) in [6, 6.07) is 6.33. The highest BCUT2D eigenvalue weighted by molar-refractivity contribution is 6.00. The molecular weight excluding hydrogens is 282 g/mol. The van der Waals surface area contributed by atoms with Gasteiger partial charge in [0, 0.05) is 11.0 Å². The Morgan fingerprint density at radius 1 is 1.23 bits per heavy atom. The van der Waals surface area contributed by atoms with Crippen molar-refractivity contribution in [1.29, 1.82) is 0 Å². The first-order valence-electron chi connectivity index (χ1n) is 7.62. The first kappa shape index (κ1) is 16.9. The van der Waals surface area contributed by atoms with Gasteiger partial charge in [-0.15, -0.1) is 0 Å². The van der Waals surface area contributed by atoms with E-state index in [9.17, 15) is 10.0 Å². The highest BCUT2D eigenvalue weighted by atomic mass is 16.6. The summed E-state index contributed by atoms with van der Waals surface area (Å²) in [6.07, 6.45) is 0. The van der Waals surface area contributed by atoms with Gasteiger partial charge in [0.1, 0.15) is 18.8 Å². The number of quaternary nitrogens is 1. The number of morpholine rings is 1. The van der Waals surface area contributed by atoms with Crippen LogP contribution in [-0.2, 0) is 4.74 Å². The third-order valence-corrected chi connectivity index (χ3v) is 4.14. The molecule has 0 aromatic heterocycles. The Kier molecular flexibility index (Phi) is 4.90. The minimum atomic E-state index is -0.634. The number of Topliss-reactive ketones (excluding diaryl/α,β-unsaturated/α-hetero) is 1. The second-order valence-corrected chi connectivity index (χ2v) is 6.87. The molecule has 1 unspecified atom stereocenters. The van der Waals surface area contributed by atoms with Gasteiger partial charge in [-0.05, 0) is 24.3 Å². The fourth-order valence-electron chi connectivity index (χ4n) is 3.14. The molecule has 0 saturated carbocycles. The summed E-state index contributed by atoms with van der Waals surface area (Å²) in [6.45, 7) is 7.32. The Balaban J connectivity index is 2.34. The zero-order valence-corrected chi connectivity index (χ0v) is 13.8. The minimum Gasteiger partial charge on any atom is -0.632 e. The molecule has 2 rings (SSSR count). The molecule has 0 aliphatic carbocycles. The number of rotatable bonds is 4. The van der Waals surface area contributed by atoms with Crippen molar-refractivity contribution in [1.82, 2.24) is 0 Å². The Labute approximate surface area is 132 Å². The molecule has 0 spiro atoms. The van der Waals surface area contributed by atoms with Crippen molar-refractivity contribution in [2.45, 2.75) is 26.8 Å². The first-order valence-corrected chi connectivity index (χ1v) is 7.62. The lowest BCUT2D eigenvalue weighted by Gasteiger charge is -2.53. The predicted molar refractivity (Wildman–Crippen MR) is 84.7 cm³/mol. The van der Waals surface area contributed by atoms with Crippen molar-refractivity contribution in [3.63, 3.8) is 0 Å². The molecule has 1 aliphatic rings. The SMILES string of the molecule is COc1ccc(C(=O)C(C(C)(C)C)[N+]2([O-])CCOCC2)cc1. The summed E-state index contributed by atoms with van der Waals surface area (Å²) < 4.78 is 9.91. The van der Waals surface area contributed by atoms with E-state index < -0.39 is 16.1 Å². The molecule has 5 heteroatoms. The number of ketones is 1. The topological polar surface area (TPSA) is 58.6 Å². The van der Waals surface area contributed by atoms with Crippen LogP contribution in [0.2, 0.25) is 0 Å². The lowest BCUT2D eigenvalue weighted by molar-refractivity contribution is -0.909. The van der Waals surface area contributed by atoms with Crippen molar-refractivity contribution in [3.8, 4) is 5.75 Å². The maximum atomic E-state index is 13.2. The van der Waals surface area contributed by atoms with Crippen molar-refractivity contribution < 1.29 is 18.9 Å². The number of hydrogen-bond donors (Lipinski definition) is 0. The van der Waals surface area contributed by atoms with E-state index in [4.69, 9.17) is 9.47 Å². The van der Waals surface area contributed by atoms with Crippen molar-refractivity contribution >= 4 is 5.78 Å². The van der Waals surface area contributed by atoms with E-state index in [0.29, 0.717) is 37.6 Å². The highest BCUT2D eigenvalue weighted by Gasteiger charge is 2.45. The fourth-order valence-corrected chi connectivity index (χ4v) is 3.14. The molecule has 0 radical (unpaired) electrons. The Hall–Kier alpha value is -1.43. The second kappa shape index (κ2) is 6.36. The minimum absolute atomic E-state index is 0.105. The van der Waals surface area contributed by atoms with Gasteiger partial charge in [-0.3, -0.25) is 4.79 Å². The number of nitrogens with zero attached hydrogens (tertiary/aromatic N) is 1. The molecule has 1 aromatic carbocycles. The monoisotopic (exact) mass is 307 g/mol. The van der Waals surface area contributed by atoms with Gasteiger partial charge in [-0.1, -0.05) is 20.8 Å². The standard InChI is InChI=1S/C17H25NO4/c1-17(2,3)16(18(20)9-11-22-12-10-18)15(19)13-5-7-14(21-4)8-6-13/h5-8,16H,9-12H2,1-4H3. The molecule has 0 N–H and O–H groups in total. The molecule has 1 aromatic rings. The molecule has 0 amide bonds. The number of benzene rings is 1. The molecule has 122 valence electrons. The van der Waals surface area contributed by atoms with E-state index in [1.807, 2.05) is 20.8 Å². The Morgan fingerprint density at radius 2 is 1.77 bits per heavy atom. The van der Waals surface area contributed by atoms with E-state index in [2.05, 4.69) is 0 Å². The predicted octanol–water partition coefficient (Wildman–Crippen LogP) is 2.64. The van der Waals surface area contributed by atoms with Crippen molar-refractivity contribution in [3.05, 3.63) is 35.0 Å². The molecular formula is C17H25NO4. The summed E-state index contributed by atoms with van der Waals surface area (Å²) in [5.41, 5.74) is 0.136. The van der Waals surface area contributed by atoms with E-state index in [0.717, 1.165) is 0 Å². The second-order valence-electron chi connectivity index (χ2n) is 6.87. The number of carbonyl (C=O) groups excluding carboxylic acids is 1. The van der Waals surface area contributed by atoms with Crippen LogP contribution >= 0.6 is 0 Å². The van der Waals surface area contributed by atoms with Gasteiger partial charge in [0.15, 0.2) is 6.04 Å². The summed E-state index contributed by atoms with van der Waals surface area (Å²) in [4.78, 5) is 13.0. The van der Waals surface area contributed by atoms with Gasteiger partial charge >= 0.3 is 0 Å². The summed E-state index contributed by atoms with van der Waals surface area (Å²) in [7, 11) is 1.58. The van der Waals surface area contributed by atoms with E-state index >= 15 is 0 Å². The van der Waals surface area contributed by atoms with Crippen LogP contribution in [0.1, 0.15) is 31.1 Å². The van der Waals surface area contributed by atoms with Crippen LogP contribution in [0.4, 0.5) is 0 Å². The normalized spacial score (nSPS) is 19.5. The summed E-state index contributed by atoms with van der Waals surface area (Å²) in [5, 5.41) is 13.2. The summed E-state index contributed by atoms with van der Waals surface area (Å²) >= 11 is 0. The molecule has 0 bridgehead atoms. The average molecular weight is 307 g/mol. The number of hydrogen-bond acceptors (Lipinski definition) is 4. The molecule has 1 aliphatic heterocycles. The van der Waals surface area contributed by atoms with Crippen LogP contribution in [-0.4, -0.2) is 49.9 Å².